The molecule has 0 radical (unpaired) electrons. The molecule has 0 atom stereocenters. The summed E-state index contributed by atoms with van der Waals surface area (Å²) in [5, 5.41) is 18.9. The van der Waals surface area contributed by atoms with E-state index in [-0.39, 0.29) is 17.9 Å². The molecule has 2 aromatic heterocycles. The highest BCUT2D eigenvalue weighted by molar-refractivity contribution is 5.91. The van der Waals surface area contributed by atoms with Gasteiger partial charge in [0.05, 0.1) is 0 Å². The average molecular weight is 376 g/mol. The van der Waals surface area contributed by atoms with E-state index in [0.717, 1.165) is 17.0 Å². The van der Waals surface area contributed by atoms with Gasteiger partial charge in [0.15, 0.2) is 5.82 Å². The zero-order chi connectivity index (χ0) is 20.3. The van der Waals surface area contributed by atoms with Gasteiger partial charge >= 0.3 is 0 Å². The monoisotopic (exact) mass is 376 g/mol. The van der Waals surface area contributed by atoms with Crippen LogP contribution in [0.3, 0.4) is 0 Å². The summed E-state index contributed by atoms with van der Waals surface area (Å²) in [5.74, 6) is 1.19. The highest BCUT2D eigenvalue weighted by atomic mass is 16.1. The maximum absolute atomic E-state index is 12.3. The molecule has 3 rings (SSSR count). The molecule has 3 aromatic rings. The molecule has 0 bridgehead atoms. The van der Waals surface area contributed by atoms with Crippen molar-refractivity contribution in [3.63, 3.8) is 0 Å². The number of anilines is 1. The molecule has 0 saturated heterocycles. The van der Waals surface area contributed by atoms with Crippen LogP contribution in [0.4, 0.5) is 5.69 Å². The van der Waals surface area contributed by atoms with Gasteiger partial charge in [0.25, 0.3) is 5.56 Å². The van der Waals surface area contributed by atoms with Crippen molar-refractivity contribution in [3.8, 4) is 17.5 Å². The summed E-state index contributed by atoms with van der Waals surface area (Å²) in [7, 11) is 0. The van der Waals surface area contributed by atoms with Gasteiger partial charge in [0.1, 0.15) is 17.5 Å². The minimum absolute atomic E-state index is 0.0961. The maximum atomic E-state index is 12.3. The quantitative estimate of drug-likeness (QED) is 0.630. The molecule has 1 aromatic carbocycles. The zero-order valence-corrected chi connectivity index (χ0v) is 15.9. The van der Waals surface area contributed by atoms with Crippen LogP contribution < -0.4 is 10.9 Å². The summed E-state index contributed by atoms with van der Waals surface area (Å²) >= 11 is 0. The predicted octanol–water partition coefficient (Wildman–Crippen LogP) is 2.53. The second-order valence-corrected chi connectivity index (χ2v) is 6.54. The van der Waals surface area contributed by atoms with Crippen LogP contribution in [0.15, 0.2) is 29.1 Å². The Bertz CT molecular complexity index is 1120. The van der Waals surface area contributed by atoms with E-state index < -0.39 is 5.56 Å². The molecule has 2 heterocycles. The van der Waals surface area contributed by atoms with Crippen molar-refractivity contribution < 1.29 is 4.79 Å². The number of pyridine rings is 1. The number of amides is 1. The number of nitriles is 1. The van der Waals surface area contributed by atoms with Crippen molar-refractivity contribution >= 4 is 11.6 Å². The number of aromatic amines is 2. The van der Waals surface area contributed by atoms with E-state index in [2.05, 4.69) is 25.5 Å². The maximum Gasteiger partial charge on any atom is 0.266 e. The van der Waals surface area contributed by atoms with Crippen LogP contribution in [0.5, 0.6) is 0 Å². The SMILES string of the molecule is Cc1nc(-c2ccc(NC(=O)CCc3c(C)[nH]c(=O)c(C#N)c3C)cc2)n[nH]1. The molecule has 0 spiro atoms. The van der Waals surface area contributed by atoms with Crippen LogP contribution >= 0.6 is 0 Å². The number of benzene rings is 1. The second kappa shape index (κ2) is 7.88. The zero-order valence-electron chi connectivity index (χ0n) is 15.9. The second-order valence-electron chi connectivity index (χ2n) is 6.54. The third kappa shape index (κ3) is 3.99. The topological polar surface area (TPSA) is 127 Å². The molecule has 8 nitrogen and oxygen atoms in total. The van der Waals surface area contributed by atoms with E-state index in [1.807, 2.05) is 25.1 Å². The Hall–Kier alpha value is -3.73. The first-order chi connectivity index (χ1) is 13.4. The average Bonchev–Trinajstić information content (AvgIpc) is 3.08. The third-order valence-electron chi connectivity index (χ3n) is 4.55. The van der Waals surface area contributed by atoms with Gasteiger partial charge in [-0.05, 0) is 62.6 Å². The van der Waals surface area contributed by atoms with Gasteiger partial charge in [-0.25, -0.2) is 4.98 Å². The fraction of sp³-hybridized carbons (Fsp3) is 0.250. The smallest absolute Gasteiger partial charge is 0.266 e. The molecule has 3 N–H and O–H groups in total. The van der Waals surface area contributed by atoms with Crippen molar-refractivity contribution in [3.05, 3.63) is 62.8 Å². The number of hydrogen-bond donors (Lipinski definition) is 3. The van der Waals surface area contributed by atoms with E-state index >= 15 is 0 Å². The number of nitrogens with one attached hydrogen (secondary N) is 3. The number of carbonyl (C=O) groups excluding carboxylic acids is 1. The summed E-state index contributed by atoms with van der Waals surface area (Å²) in [5.41, 5.74) is 3.36. The Balaban J connectivity index is 1.65. The molecular weight excluding hydrogens is 356 g/mol. The standard InChI is InChI=1S/C20H20N6O2/c1-11-16(12(2)22-20(28)17(11)10-21)8-9-18(27)24-15-6-4-14(5-7-15)19-23-13(3)25-26-19/h4-7H,8-9H2,1-3H3,(H,22,28)(H,24,27)(H,23,25,26). The van der Waals surface area contributed by atoms with Crippen LogP contribution in [-0.4, -0.2) is 26.1 Å². The number of nitrogens with zero attached hydrogens (tertiary/aromatic N) is 3. The van der Waals surface area contributed by atoms with Gasteiger partial charge in [-0.15, -0.1) is 0 Å². The fourth-order valence-corrected chi connectivity index (χ4v) is 3.06. The molecule has 0 aliphatic rings. The Labute approximate surface area is 161 Å². The Morgan fingerprint density at radius 2 is 1.93 bits per heavy atom. The van der Waals surface area contributed by atoms with Crippen molar-refractivity contribution in [2.45, 2.75) is 33.6 Å². The number of carbonyl (C=O) groups is 1. The summed E-state index contributed by atoms with van der Waals surface area (Å²) in [6.07, 6.45) is 0.671. The number of H-pyrrole nitrogens is 2. The summed E-state index contributed by atoms with van der Waals surface area (Å²) in [4.78, 5) is 31.0. The molecule has 142 valence electrons. The van der Waals surface area contributed by atoms with E-state index in [1.165, 1.54) is 0 Å². The highest BCUT2D eigenvalue weighted by Crippen LogP contribution is 2.19. The summed E-state index contributed by atoms with van der Waals surface area (Å²) in [6, 6.07) is 9.19. The van der Waals surface area contributed by atoms with Gasteiger partial charge in [-0.1, -0.05) is 0 Å². The van der Waals surface area contributed by atoms with Gasteiger partial charge in [-0.3, -0.25) is 14.7 Å². The molecule has 0 aliphatic carbocycles. The number of rotatable bonds is 5. The molecule has 0 aliphatic heterocycles. The van der Waals surface area contributed by atoms with Crippen molar-refractivity contribution in [2.75, 3.05) is 5.32 Å². The van der Waals surface area contributed by atoms with Crippen LogP contribution in [0, 0.1) is 32.1 Å². The van der Waals surface area contributed by atoms with Crippen LogP contribution in [-0.2, 0) is 11.2 Å². The Morgan fingerprint density at radius 3 is 2.54 bits per heavy atom. The molecular formula is C20H20N6O2. The van der Waals surface area contributed by atoms with Crippen LogP contribution in [0.2, 0.25) is 0 Å². The largest absolute Gasteiger partial charge is 0.326 e. The van der Waals surface area contributed by atoms with Gasteiger partial charge in [0, 0.05) is 23.4 Å². The lowest BCUT2D eigenvalue weighted by Crippen LogP contribution is -2.18. The van der Waals surface area contributed by atoms with Gasteiger partial charge < -0.3 is 10.3 Å². The lowest BCUT2D eigenvalue weighted by molar-refractivity contribution is -0.116. The highest BCUT2D eigenvalue weighted by Gasteiger charge is 2.13. The van der Waals surface area contributed by atoms with E-state index in [0.29, 0.717) is 29.2 Å². The first-order valence-electron chi connectivity index (χ1n) is 8.80. The van der Waals surface area contributed by atoms with Crippen molar-refractivity contribution in [2.24, 2.45) is 0 Å². The van der Waals surface area contributed by atoms with E-state index in [1.54, 1.807) is 26.0 Å². The van der Waals surface area contributed by atoms with Crippen LogP contribution in [0.25, 0.3) is 11.4 Å². The molecule has 0 fully saturated rings. The van der Waals surface area contributed by atoms with E-state index in [9.17, 15) is 9.59 Å². The van der Waals surface area contributed by atoms with Gasteiger partial charge in [-0.2, -0.15) is 10.4 Å². The summed E-state index contributed by atoms with van der Waals surface area (Å²) < 4.78 is 0. The normalized spacial score (nSPS) is 10.5. The van der Waals surface area contributed by atoms with Gasteiger partial charge in [0.2, 0.25) is 5.91 Å². The van der Waals surface area contributed by atoms with Crippen molar-refractivity contribution in [1.29, 1.82) is 5.26 Å². The Kier molecular flexibility index (Phi) is 5.36. The third-order valence-corrected chi connectivity index (χ3v) is 4.55. The molecule has 0 saturated carbocycles. The first kappa shape index (κ1) is 19.0. The molecule has 28 heavy (non-hydrogen) atoms. The lowest BCUT2D eigenvalue weighted by Gasteiger charge is -2.11. The van der Waals surface area contributed by atoms with Crippen molar-refractivity contribution in [1.82, 2.24) is 20.2 Å². The lowest BCUT2D eigenvalue weighted by atomic mass is 9.99. The van der Waals surface area contributed by atoms with Crippen LogP contribution in [0.1, 0.15) is 34.6 Å². The minimum Gasteiger partial charge on any atom is -0.326 e. The summed E-state index contributed by atoms with van der Waals surface area (Å²) in [6.45, 7) is 5.33. The molecule has 0 unspecified atom stereocenters. The predicted molar refractivity (Wildman–Crippen MR) is 105 cm³/mol. The van der Waals surface area contributed by atoms with E-state index in [4.69, 9.17) is 5.26 Å². The number of aromatic nitrogens is 4. The minimum atomic E-state index is -0.396. The number of hydrogen-bond acceptors (Lipinski definition) is 5. The molecule has 1 amide bonds. The fourth-order valence-electron chi connectivity index (χ4n) is 3.06. The number of aryl methyl sites for hydroxylation is 2. The first-order valence-corrected chi connectivity index (χ1v) is 8.80. The molecule has 8 heteroatoms. The Morgan fingerprint density at radius 1 is 1.21 bits per heavy atom.